The molecule has 1 aromatic carbocycles. The molecule has 2 aliphatic heterocycles. The van der Waals surface area contributed by atoms with Crippen LogP contribution in [0.4, 0.5) is 4.39 Å². The van der Waals surface area contributed by atoms with E-state index in [-0.39, 0.29) is 42.2 Å². The lowest BCUT2D eigenvalue weighted by atomic mass is 10.00. The second-order valence-electron chi connectivity index (χ2n) is 8.53. The van der Waals surface area contributed by atoms with Gasteiger partial charge in [-0.15, -0.1) is 12.4 Å². The van der Waals surface area contributed by atoms with Crippen LogP contribution in [-0.4, -0.2) is 63.7 Å². The van der Waals surface area contributed by atoms with Crippen LogP contribution in [0.2, 0.25) is 0 Å². The molecule has 1 saturated carbocycles. The van der Waals surface area contributed by atoms with Crippen molar-refractivity contribution in [3.8, 4) is 0 Å². The highest BCUT2D eigenvalue weighted by Gasteiger charge is 2.31. The third kappa shape index (κ3) is 5.88. The molecule has 0 bridgehead atoms. The molecule has 3 aliphatic rings. The van der Waals surface area contributed by atoms with Crippen LogP contribution in [0.5, 0.6) is 0 Å². The molecule has 32 heavy (non-hydrogen) atoms. The number of halogens is 2. The van der Waals surface area contributed by atoms with Crippen molar-refractivity contribution in [3.63, 3.8) is 0 Å². The van der Waals surface area contributed by atoms with Crippen LogP contribution < -0.4 is 10.6 Å². The van der Waals surface area contributed by atoms with E-state index in [1.807, 2.05) is 13.0 Å². The van der Waals surface area contributed by atoms with Crippen molar-refractivity contribution in [2.75, 3.05) is 32.8 Å². The standard InChI is InChI=1S/C22H30FN3O4S.ClH/c1-15(25-22(27)21-13-18(23)14-24-21)20-7-6-19(12-17(20)5-4-16-2-3-16)31(28,29)26-8-10-30-11-9-26;/h4-7,12,15-16,18,21,24H,2-3,8-11,13-14H2,1H3,(H,25,27);1H/b5-4+;/t15-,18+,21-;/m0./s1. The van der Waals surface area contributed by atoms with Gasteiger partial charge in [-0.3, -0.25) is 4.79 Å². The Morgan fingerprint density at radius 2 is 2.03 bits per heavy atom. The first-order valence-corrected chi connectivity index (χ1v) is 12.4. The van der Waals surface area contributed by atoms with E-state index in [1.54, 1.807) is 18.2 Å². The molecule has 2 N–H and O–H groups in total. The summed E-state index contributed by atoms with van der Waals surface area (Å²) in [6, 6.07) is 4.18. The number of hydrogen-bond acceptors (Lipinski definition) is 5. The minimum atomic E-state index is -3.61. The van der Waals surface area contributed by atoms with Crippen LogP contribution >= 0.6 is 12.4 Å². The van der Waals surface area contributed by atoms with E-state index in [2.05, 4.69) is 16.7 Å². The predicted octanol–water partition coefficient (Wildman–Crippen LogP) is 2.43. The molecule has 10 heteroatoms. The first-order valence-electron chi connectivity index (χ1n) is 10.9. The highest BCUT2D eigenvalue weighted by atomic mass is 35.5. The molecule has 7 nitrogen and oxygen atoms in total. The molecular weight excluding hydrogens is 457 g/mol. The molecule has 4 rings (SSSR count). The molecule has 3 fully saturated rings. The molecule has 2 heterocycles. The van der Waals surface area contributed by atoms with Gasteiger partial charge in [-0.2, -0.15) is 4.31 Å². The number of rotatable bonds is 7. The summed E-state index contributed by atoms with van der Waals surface area (Å²) in [6.07, 6.45) is 5.50. The largest absolute Gasteiger partial charge is 0.379 e. The van der Waals surface area contributed by atoms with Gasteiger partial charge in [0.25, 0.3) is 0 Å². The van der Waals surface area contributed by atoms with Gasteiger partial charge in [-0.05, 0) is 48.9 Å². The van der Waals surface area contributed by atoms with Crippen molar-refractivity contribution in [2.24, 2.45) is 5.92 Å². The van der Waals surface area contributed by atoms with Gasteiger partial charge in [0, 0.05) is 26.1 Å². The number of alkyl halides is 1. The van der Waals surface area contributed by atoms with Gasteiger partial charge in [-0.25, -0.2) is 12.8 Å². The Morgan fingerprint density at radius 3 is 2.66 bits per heavy atom. The summed E-state index contributed by atoms with van der Waals surface area (Å²) in [5, 5.41) is 5.84. The van der Waals surface area contributed by atoms with E-state index < -0.39 is 22.2 Å². The lowest BCUT2D eigenvalue weighted by molar-refractivity contribution is -0.123. The monoisotopic (exact) mass is 487 g/mol. The number of nitrogens with zero attached hydrogens (tertiary/aromatic N) is 1. The van der Waals surface area contributed by atoms with Crippen LogP contribution in [0, 0.1) is 5.92 Å². The number of sulfonamides is 1. The molecular formula is C22H31ClFN3O4S. The van der Waals surface area contributed by atoms with Gasteiger partial charge < -0.3 is 15.4 Å². The van der Waals surface area contributed by atoms with Crippen molar-refractivity contribution in [1.82, 2.24) is 14.9 Å². The fraction of sp³-hybridized carbons (Fsp3) is 0.591. The van der Waals surface area contributed by atoms with E-state index >= 15 is 0 Å². The number of benzene rings is 1. The van der Waals surface area contributed by atoms with Gasteiger partial charge in [0.2, 0.25) is 15.9 Å². The number of allylic oxidation sites excluding steroid dienone is 1. The zero-order valence-electron chi connectivity index (χ0n) is 18.1. The van der Waals surface area contributed by atoms with Crippen LogP contribution in [0.15, 0.2) is 29.2 Å². The zero-order valence-corrected chi connectivity index (χ0v) is 19.8. The maximum atomic E-state index is 13.4. The average Bonchev–Trinajstić information content (AvgIpc) is 3.50. The van der Waals surface area contributed by atoms with Crippen LogP contribution in [0.25, 0.3) is 6.08 Å². The molecule has 2 saturated heterocycles. The SMILES string of the molecule is C[C@H](NC(=O)[C@@H]1C[C@@H](F)CN1)c1ccc(S(=O)(=O)N2CCOCC2)cc1/C=C/C1CC1.Cl. The topological polar surface area (TPSA) is 87.7 Å². The van der Waals surface area contributed by atoms with E-state index in [4.69, 9.17) is 4.74 Å². The van der Waals surface area contributed by atoms with Crippen molar-refractivity contribution in [2.45, 2.75) is 49.3 Å². The third-order valence-electron chi connectivity index (χ3n) is 6.05. The maximum Gasteiger partial charge on any atom is 0.243 e. The van der Waals surface area contributed by atoms with Gasteiger partial charge in [0.1, 0.15) is 6.17 Å². The first-order chi connectivity index (χ1) is 14.8. The molecule has 3 atom stereocenters. The molecule has 1 aromatic rings. The fourth-order valence-corrected chi connectivity index (χ4v) is 5.44. The van der Waals surface area contributed by atoms with E-state index in [9.17, 15) is 17.6 Å². The first kappa shape index (κ1) is 25.1. The summed E-state index contributed by atoms with van der Waals surface area (Å²) in [6.45, 7) is 3.52. The quantitative estimate of drug-likeness (QED) is 0.616. The summed E-state index contributed by atoms with van der Waals surface area (Å²) in [4.78, 5) is 12.8. The van der Waals surface area contributed by atoms with E-state index in [0.717, 1.165) is 24.0 Å². The predicted molar refractivity (Wildman–Crippen MR) is 123 cm³/mol. The Kier molecular flexibility index (Phi) is 8.32. The number of hydrogen-bond donors (Lipinski definition) is 2. The summed E-state index contributed by atoms with van der Waals surface area (Å²) in [5.41, 5.74) is 1.61. The third-order valence-corrected chi connectivity index (χ3v) is 7.95. The zero-order chi connectivity index (χ0) is 22.0. The highest BCUT2D eigenvalue weighted by Crippen LogP contribution is 2.32. The molecule has 1 aliphatic carbocycles. The lowest BCUT2D eigenvalue weighted by Crippen LogP contribution is -2.41. The van der Waals surface area contributed by atoms with Crippen molar-refractivity contribution in [3.05, 3.63) is 35.4 Å². The molecule has 178 valence electrons. The smallest absolute Gasteiger partial charge is 0.243 e. The number of carbonyl (C=O) groups excluding carboxylic acids is 1. The number of carbonyl (C=O) groups is 1. The van der Waals surface area contributed by atoms with E-state index in [0.29, 0.717) is 32.2 Å². The second kappa shape index (κ2) is 10.6. The Bertz CT molecular complexity index is 948. The number of nitrogens with one attached hydrogen (secondary N) is 2. The minimum absolute atomic E-state index is 0. The van der Waals surface area contributed by atoms with Crippen molar-refractivity contribution < 1.29 is 22.3 Å². The van der Waals surface area contributed by atoms with E-state index in [1.165, 1.54) is 4.31 Å². The summed E-state index contributed by atoms with van der Waals surface area (Å²) >= 11 is 0. The molecule has 0 radical (unpaired) electrons. The Labute approximate surface area is 195 Å². The summed E-state index contributed by atoms with van der Waals surface area (Å²) < 4.78 is 46.3. The number of amides is 1. The molecule has 0 unspecified atom stereocenters. The normalized spacial score (nSPS) is 25.4. The molecule has 0 aromatic heterocycles. The highest BCUT2D eigenvalue weighted by molar-refractivity contribution is 7.89. The molecule has 0 spiro atoms. The Hall–Kier alpha value is -1.52. The average molecular weight is 488 g/mol. The van der Waals surface area contributed by atoms with Crippen molar-refractivity contribution >= 4 is 34.4 Å². The van der Waals surface area contributed by atoms with Crippen molar-refractivity contribution in [1.29, 1.82) is 0 Å². The van der Waals surface area contributed by atoms with Gasteiger partial charge >= 0.3 is 0 Å². The van der Waals surface area contributed by atoms with Crippen LogP contribution in [0.1, 0.15) is 43.4 Å². The maximum absolute atomic E-state index is 13.4. The molecule has 1 amide bonds. The summed E-state index contributed by atoms with van der Waals surface area (Å²) in [5.74, 6) is 0.288. The minimum Gasteiger partial charge on any atom is -0.379 e. The second-order valence-corrected chi connectivity index (χ2v) is 10.5. The van der Waals surface area contributed by atoms with Crippen LogP contribution in [0.3, 0.4) is 0 Å². The fourth-order valence-electron chi connectivity index (χ4n) is 4.00. The summed E-state index contributed by atoms with van der Waals surface area (Å²) in [7, 11) is -3.61. The lowest BCUT2D eigenvalue weighted by Gasteiger charge is -2.26. The number of ether oxygens (including phenoxy) is 1. The van der Waals surface area contributed by atoms with Gasteiger partial charge in [0.05, 0.1) is 30.2 Å². The van der Waals surface area contributed by atoms with Gasteiger partial charge in [-0.1, -0.05) is 18.2 Å². The number of morpholine rings is 1. The van der Waals surface area contributed by atoms with Gasteiger partial charge in [0.15, 0.2) is 0 Å². The Morgan fingerprint density at radius 1 is 1.31 bits per heavy atom. The van der Waals surface area contributed by atoms with Crippen LogP contribution in [-0.2, 0) is 19.6 Å². The Balaban J connectivity index is 0.00000289.